The summed E-state index contributed by atoms with van der Waals surface area (Å²) in [5.41, 5.74) is -1.21. The maximum atomic E-state index is 12.5. The van der Waals surface area contributed by atoms with Gasteiger partial charge in [0.15, 0.2) is 0 Å². The van der Waals surface area contributed by atoms with Gasteiger partial charge in [0.2, 0.25) is 5.82 Å². The van der Waals surface area contributed by atoms with Gasteiger partial charge >= 0.3 is 12.1 Å². The van der Waals surface area contributed by atoms with Gasteiger partial charge in [-0.1, -0.05) is 0 Å². The van der Waals surface area contributed by atoms with Gasteiger partial charge in [-0.05, 0) is 6.42 Å². The van der Waals surface area contributed by atoms with Gasteiger partial charge in [0.05, 0.1) is 24.2 Å². The number of allylic oxidation sites excluding steroid dienone is 1. The van der Waals surface area contributed by atoms with Crippen LogP contribution in [0.5, 0.6) is 0 Å². The van der Waals surface area contributed by atoms with E-state index in [-0.39, 0.29) is 36.2 Å². The lowest BCUT2D eigenvalue weighted by molar-refractivity contribution is -0.145. The molecule has 0 amide bonds. The van der Waals surface area contributed by atoms with E-state index in [1.807, 2.05) is 6.07 Å². The number of carbonyl (C=O) groups is 1. The Labute approximate surface area is 129 Å². The Hall–Kier alpha value is -2.63. The summed E-state index contributed by atoms with van der Waals surface area (Å²) in [5.74, 6) is -2.28. The van der Waals surface area contributed by atoms with Crippen molar-refractivity contribution in [2.75, 3.05) is 7.11 Å². The quantitative estimate of drug-likeness (QED) is 0.838. The first kappa shape index (κ1) is 16.7. The van der Waals surface area contributed by atoms with Crippen LogP contribution in [0, 0.1) is 11.3 Å². The van der Waals surface area contributed by atoms with Crippen LogP contribution in [0.4, 0.5) is 13.2 Å². The predicted molar refractivity (Wildman–Crippen MR) is 69.8 cm³/mol. The molecule has 1 aliphatic carbocycles. The van der Waals surface area contributed by atoms with E-state index < -0.39 is 23.4 Å². The Bertz CT molecular complexity index is 692. The molecule has 122 valence electrons. The summed E-state index contributed by atoms with van der Waals surface area (Å²) in [6, 6.07) is 2.01. The zero-order valence-electron chi connectivity index (χ0n) is 12.0. The van der Waals surface area contributed by atoms with Crippen LogP contribution in [-0.4, -0.2) is 28.2 Å². The van der Waals surface area contributed by atoms with Crippen molar-refractivity contribution < 1.29 is 27.8 Å². The van der Waals surface area contributed by atoms with Crippen LogP contribution in [0.15, 0.2) is 23.7 Å². The first-order chi connectivity index (χ1) is 10.7. The van der Waals surface area contributed by atoms with Crippen LogP contribution in [0.2, 0.25) is 0 Å². The molecule has 0 fully saturated rings. The third-order valence-corrected chi connectivity index (χ3v) is 3.72. The van der Waals surface area contributed by atoms with Crippen molar-refractivity contribution >= 4 is 5.97 Å². The lowest BCUT2D eigenvalue weighted by Crippen LogP contribution is -2.32. The molecule has 1 aliphatic rings. The number of methoxy groups -OCH3 is 1. The Kier molecular flexibility index (Phi) is 4.27. The summed E-state index contributed by atoms with van der Waals surface area (Å²) >= 11 is 0. The van der Waals surface area contributed by atoms with Gasteiger partial charge in [-0.3, -0.25) is 0 Å². The molecule has 23 heavy (non-hydrogen) atoms. The highest BCUT2D eigenvalue weighted by Crippen LogP contribution is 2.41. The topological polar surface area (TPSA) is 96.1 Å². The van der Waals surface area contributed by atoms with Crippen molar-refractivity contribution in [3.8, 4) is 6.07 Å². The van der Waals surface area contributed by atoms with Gasteiger partial charge in [0.25, 0.3) is 0 Å². The first-order valence-corrected chi connectivity index (χ1v) is 6.54. The fourth-order valence-electron chi connectivity index (χ4n) is 2.42. The minimum Gasteiger partial charge on any atom is -0.512 e. The number of halogens is 3. The Balaban J connectivity index is 2.40. The molecule has 1 aromatic heterocycles. The average molecular weight is 327 g/mol. The van der Waals surface area contributed by atoms with Gasteiger partial charge in [0.1, 0.15) is 5.76 Å². The Morgan fingerprint density at radius 3 is 2.52 bits per heavy atom. The molecule has 1 atom stereocenters. The Morgan fingerprint density at radius 2 is 2.04 bits per heavy atom. The molecule has 0 saturated carbocycles. The van der Waals surface area contributed by atoms with Gasteiger partial charge in [-0.15, -0.1) is 0 Å². The molecule has 6 nitrogen and oxygen atoms in total. The number of ether oxygens (including phenoxy) is 1. The van der Waals surface area contributed by atoms with Crippen LogP contribution < -0.4 is 0 Å². The smallest absolute Gasteiger partial charge is 0.451 e. The summed E-state index contributed by atoms with van der Waals surface area (Å²) in [6.45, 7) is 0. The highest BCUT2D eigenvalue weighted by molar-refractivity contribution is 5.89. The van der Waals surface area contributed by atoms with E-state index in [2.05, 4.69) is 14.7 Å². The van der Waals surface area contributed by atoms with Crippen molar-refractivity contribution in [2.24, 2.45) is 0 Å². The van der Waals surface area contributed by atoms with E-state index in [0.29, 0.717) is 0 Å². The fraction of sp³-hybridized carbons (Fsp3) is 0.429. The lowest BCUT2D eigenvalue weighted by atomic mass is 9.70. The van der Waals surface area contributed by atoms with E-state index in [1.54, 1.807) is 0 Å². The van der Waals surface area contributed by atoms with Crippen LogP contribution in [0.3, 0.4) is 0 Å². The summed E-state index contributed by atoms with van der Waals surface area (Å²) in [5, 5.41) is 19.3. The number of nitriles is 1. The van der Waals surface area contributed by atoms with E-state index in [0.717, 1.165) is 19.5 Å². The number of aliphatic hydroxyl groups excluding tert-OH is 1. The highest BCUT2D eigenvalue weighted by Gasteiger charge is 2.42. The molecule has 0 aliphatic heterocycles. The highest BCUT2D eigenvalue weighted by atomic mass is 19.4. The monoisotopic (exact) mass is 327 g/mol. The number of rotatable bonds is 2. The minimum absolute atomic E-state index is 0.0268. The number of aromatic nitrogens is 2. The number of hydrogen-bond donors (Lipinski definition) is 1. The number of esters is 1. The normalized spacial score (nSPS) is 21.7. The van der Waals surface area contributed by atoms with Crippen LogP contribution in [0.25, 0.3) is 0 Å². The predicted octanol–water partition coefficient (Wildman–Crippen LogP) is 2.43. The van der Waals surface area contributed by atoms with Crippen LogP contribution in [-0.2, 0) is 21.1 Å². The van der Waals surface area contributed by atoms with Gasteiger partial charge in [-0.2, -0.15) is 18.4 Å². The second-order valence-corrected chi connectivity index (χ2v) is 5.08. The van der Waals surface area contributed by atoms with Crippen molar-refractivity contribution in [3.05, 3.63) is 35.1 Å². The second kappa shape index (κ2) is 5.87. The molecule has 0 radical (unpaired) electrons. The summed E-state index contributed by atoms with van der Waals surface area (Å²) in [7, 11) is 1.13. The molecular weight excluding hydrogens is 315 g/mol. The Morgan fingerprint density at radius 1 is 1.43 bits per heavy atom. The third-order valence-electron chi connectivity index (χ3n) is 3.72. The molecule has 0 spiro atoms. The summed E-state index contributed by atoms with van der Waals surface area (Å²) < 4.78 is 42.1. The van der Waals surface area contributed by atoms with E-state index in [1.165, 1.54) is 0 Å². The molecule has 0 bridgehead atoms. The summed E-state index contributed by atoms with van der Waals surface area (Å²) in [6.07, 6.45) is -2.85. The SMILES string of the molecule is COC(=O)C1=C(O)CCC(C#N)(c2cnc(C(F)(F)F)nc2)C1. The van der Waals surface area contributed by atoms with Gasteiger partial charge in [0, 0.05) is 30.8 Å². The zero-order chi connectivity index (χ0) is 17.3. The van der Waals surface area contributed by atoms with Gasteiger partial charge in [-0.25, -0.2) is 14.8 Å². The lowest BCUT2D eigenvalue weighted by Gasteiger charge is -2.31. The van der Waals surface area contributed by atoms with E-state index in [9.17, 15) is 28.3 Å². The standard InChI is InChI=1S/C14H12F3N3O3/c1-23-11(22)9-4-13(7-18,3-2-10(9)21)8-5-19-12(20-6-8)14(15,16)17/h5-6,21H,2-4H2,1H3. The number of aliphatic hydroxyl groups is 1. The third kappa shape index (κ3) is 3.11. The maximum Gasteiger partial charge on any atom is 0.451 e. The second-order valence-electron chi connectivity index (χ2n) is 5.08. The zero-order valence-corrected chi connectivity index (χ0v) is 12.0. The number of carbonyl (C=O) groups excluding carboxylic acids is 1. The van der Waals surface area contributed by atoms with Gasteiger partial charge < -0.3 is 9.84 Å². The molecular formula is C14H12F3N3O3. The molecule has 1 aromatic rings. The largest absolute Gasteiger partial charge is 0.512 e. The first-order valence-electron chi connectivity index (χ1n) is 6.54. The number of nitrogens with zero attached hydrogens (tertiary/aromatic N) is 3. The van der Waals surface area contributed by atoms with Crippen LogP contribution >= 0.6 is 0 Å². The molecule has 9 heteroatoms. The number of alkyl halides is 3. The van der Waals surface area contributed by atoms with E-state index >= 15 is 0 Å². The molecule has 0 aromatic carbocycles. The van der Waals surface area contributed by atoms with Crippen LogP contribution in [0.1, 0.15) is 30.7 Å². The minimum atomic E-state index is -4.68. The molecule has 1 unspecified atom stereocenters. The molecule has 1 N–H and O–H groups in total. The maximum absolute atomic E-state index is 12.5. The van der Waals surface area contributed by atoms with Crippen molar-refractivity contribution in [2.45, 2.75) is 30.9 Å². The van der Waals surface area contributed by atoms with Crippen molar-refractivity contribution in [3.63, 3.8) is 0 Å². The molecule has 1 heterocycles. The molecule has 0 saturated heterocycles. The molecule has 2 rings (SSSR count). The van der Waals surface area contributed by atoms with E-state index in [4.69, 9.17) is 0 Å². The van der Waals surface area contributed by atoms with Crippen molar-refractivity contribution in [1.82, 2.24) is 9.97 Å². The summed E-state index contributed by atoms with van der Waals surface area (Å²) in [4.78, 5) is 18.2. The fourth-order valence-corrected chi connectivity index (χ4v) is 2.42. The average Bonchev–Trinajstić information content (AvgIpc) is 2.54. The van der Waals surface area contributed by atoms with Crippen molar-refractivity contribution in [1.29, 1.82) is 5.26 Å². The number of hydrogen-bond acceptors (Lipinski definition) is 6.